The summed E-state index contributed by atoms with van der Waals surface area (Å²) in [6, 6.07) is 94.6. The van der Waals surface area contributed by atoms with E-state index >= 15 is 0 Å². The minimum Gasteiger partial charge on any atom is -0.456 e. The smallest absolute Gasteiger partial charge is 0.135 e. The van der Waals surface area contributed by atoms with Gasteiger partial charge in [0.05, 0.1) is 5.41 Å². The van der Waals surface area contributed by atoms with Crippen molar-refractivity contribution in [1.29, 1.82) is 0 Å². The second-order valence-corrected chi connectivity index (χ2v) is 19.0. The van der Waals surface area contributed by atoms with E-state index in [2.05, 4.69) is 249 Å². The Morgan fingerprint density at radius 3 is 1.34 bits per heavy atom. The van der Waals surface area contributed by atoms with E-state index in [1.165, 1.54) is 121 Å². The number of benzene rings is 13. The van der Waals surface area contributed by atoms with Crippen LogP contribution in [-0.2, 0) is 5.41 Å². The average Bonchev–Trinajstić information content (AvgIpc) is 3.96. The van der Waals surface area contributed by atoms with E-state index < -0.39 is 5.41 Å². The molecule has 70 heavy (non-hydrogen) atoms. The lowest BCUT2D eigenvalue weighted by Gasteiger charge is -2.35. The van der Waals surface area contributed by atoms with Crippen LogP contribution < -0.4 is 0 Å². The van der Waals surface area contributed by atoms with Gasteiger partial charge in [0.25, 0.3) is 0 Å². The lowest BCUT2D eigenvalue weighted by atomic mass is 9.66. The van der Waals surface area contributed by atoms with Crippen LogP contribution in [0.25, 0.3) is 120 Å². The minimum atomic E-state index is -0.551. The molecule has 0 bridgehead atoms. The highest BCUT2D eigenvalue weighted by molar-refractivity contribution is 6.23. The van der Waals surface area contributed by atoms with Crippen LogP contribution in [0.1, 0.15) is 22.3 Å². The molecule has 1 heteroatoms. The van der Waals surface area contributed by atoms with E-state index in [0.717, 1.165) is 21.9 Å². The van der Waals surface area contributed by atoms with Gasteiger partial charge in [0.1, 0.15) is 11.2 Å². The third kappa shape index (κ3) is 5.49. The molecule has 0 saturated carbocycles. The van der Waals surface area contributed by atoms with Gasteiger partial charge in [0.2, 0.25) is 0 Å². The molecule has 1 nitrogen and oxygen atoms in total. The van der Waals surface area contributed by atoms with Crippen LogP contribution in [0.2, 0.25) is 0 Å². The highest BCUT2D eigenvalue weighted by atomic mass is 16.3. The fourth-order valence-corrected chi connectivity index (χ4v) is 12.5. The van der Waals surface area contributed by atoms with Crippen molar-refractivity contribution in [3.63, 3.8) is 0 Å². The van der Waals surface area contributed by atoms with Crippen LogP contribution >= 0.6 is 0 Å². The fraction of sp³-hybridized carbons (Fsp3) is 0.0145. The third-order valence-electron chi connectivity index (χ3n) is 15.5. The summed E-state index contributed by atoms with van der Waals surface area (Å²) in [6.07, 6.45) is 0. The Morgan fingerprint density at radius 2 is 0.714 bits per heavy atom. The number of hydrogen-bond donors (Lipinski definition) is 0. The van der Waals surface area contributed by atoms with E-state index in [9.17, 15) is 0 Å². The Kier molecular flexibility index (Phi) is 8.35. The van der Waals surface area contributed by atoms with Gasteiger partial charge in [0.15, 0.2) is 0 Å². The van der Waals surface area contributed by atoms with Gasteiger partial charge in [-0.25, -0.2) is 0 Å². The summed E-state index contributed by atoms with van der Waals surface area (Å²) in [5.41, 5.74) is 16.4. The van der Waals surface area contributed by atoms with E-state index in [1.54, 1.807) is 0 Å². The van der Waals surface area contributed by atoms with Crippen LogP contribution in [0.3, 0.4) is 0 Å². The molecule has 1 heterocycles. The molecule has 1 aliphatic carbocycles. The topological polar surface area (TPSA) is 13.1 Å². The second-order valence-electron chi connectivity index (χ2n) is 19.0. The van der Waals surface area contributed by atoms with Crippen LogP contribution in [0.4, 0.5) is 0 Å². The molecule has 1 aromatic heterocycles. The number of para-hydroxylation sites is 1. The first-order valence-electron chi connectivity index (χ1n) is 24.3. The fourth-order valence-electron chi connectivity index (χ4n) is 12.5. The van der Waals surface area contributed by atoms with Crippen molar-refractivity contribution in [2.45, 2.75) is 5.41 Å². The Hall–Kier alpha value is -9.04. The molecule has 13 aromatic carbocycles. The lowest BCUT2D eigenvalue weighted by molar-refractivity contribution is 0.669. The van der Waals surface area contributed by atoms with Crippen LogP contribution in [0, 0.1) is 0 Å². The molecule has 0 saturated heterocycles. The SMILES string of the molecule is c1ccc(C2(c3ccccc3)c3cc4cc(-c5ccc(-c6c7ccccc7c(-c7ccc8oc9ccccc9c8c7)c7ccccc67)cc5)ccc4cc3-c3c2c2ccccc2c2ccccc32)cc1. The molecule has 0 unspecified atom stereocenters. The van der Waals surface area contributed by atoms with Crippen molar-refractivity contribution in [2.75, 3.05) is 0 Å². The molecule has 0 fully saturated rings. The van der Waals surface area contributed by atoms with Gasteiger partial charge in [-0.3, -0.25) is 0 Å². The van der Waals surface area contributed by atoms with Gasteiger partial charge in [-0.2, -0.15) is 0 Å². The van der Waals surface area contributed by atoms with Crippen LogP contribution in [0.5, 0.6) is 0 Å². The maximum absolute atomic E-state index is 6.25. The Balaban J connectivity index is 0.902. The summed E-state index contributed by atoms with van der Waals surface area (Å²) >= 11 is 0. The summed E-state index contributed by atoms with van der Waals surface area (Å²) in [5, 5.41) is 14.9. The molecule has 0 atom stereocenters. The third-order valence-corrected chi connectivity index (χ3v) is 15.5. The summed E-state index contributed by atoms with van der Waals surface area (Å²) in [4.78, 5) is 0. The monoisotopic (exact) mass is 886 g/mol. The van der Waals surface area contributed by atoms with E-state index in [0.29, 0.717) is 0 Å². The van der Waals surface area contributed by atoms with Crippen molar-refractivity contribution >= 4 is 75.8 Å². The Labute approximate surface area is 405 Å². The molecule has 0 N–H and O–H groups in total. The second kappa shape index (κ2) is 15.0. The number of furan rings is 1. The van der Waals surface area contributed by atoms with Crippen molar-refractivity contribution in [1.82, 2.24) is 0 Å². The summed E-state index contributed by atoms with van der Waals surface area (Å²) < 4.78 is 6.25. The molecule has 324 valence electrons. The quantitative estimate of drug-likeness (QED) is 0.124. The van der Waals surface area contributed by atoms with Crippen molar-refractivity contribution < 1.29 is 4.42 Å². The summed E-state index contributed by atoms with van der Waals surface area (Å²) in [7, 11) is 0. The van der Waals surface area contributed by atoms with E-state index in [1.807, 2.05) is 6.07 Å². The average molecular weight is 887 g/mol. The molecule has 0 radical (unpaired) electrons. The largest absolute Gasteiger partial charge is 0.456 e. The van der Waals surface area contributed by atoms with Gasteiger partial charge < -0.3 is 4.42 Å². The maximum atomic E-state index is 6.25. The zero-order valence-corrected chi connectivity index (χ0v) is 38.2. The molecule has 1 aliphatic rings. The standard InChI is InChI=1S/C69H42O/c1-3-17-49(18-4-1)69(50-19-5-2-6-20-50)62-42-48-39-45(35-36-46(48)40-61(62)67-54-24-9-7-21-51(54)52-22-8-14-29-59(52)68(67)69)43-31-33-44(34-32-43)65-55-25-10-12-27-57(55)66(58-28-13-11-26-56(58)65)47-37-38-64-60(41-47)53-23-15-16-30-63(53)70-64/h1-42H. The first kappa shape index (κ1) is 39.0. The number of hydrogen-bond acceptors (Lipinski definition) is 1. The minimum absolute atomic E-state index is 0.551. The number of rotatable bonds is 5. The van der Waals surface area contributed by atoms with Gasteiger partial charge in [-0.05, 0) is 157 Å². The zero-order valence-electron chi connectivity index (χ0n) is 38.2. The van der Waals surface area contributed by atoms with Crippen molar-refractivity contribution in [3.8, 4) is 44.5 Å². The van der Waals surface area contributed by atoms with E-state index in [4.69, 9.17) is 4.42 Å². The highest BCUT2D eigenvalue weighted by Crippen LogP contribution is 2.61. The first-order valence-corrected chi connectivity index (χ1v) is 24.3. The highest BCUT2D eigenvalue weighted by Gasteiger charge is 2.48. The predicted octanol–water partition coefficient (Wildman–Crippen LogP) is 18.7. The van der Waals surface area contributed by atoms with Gasteiger partial charge >= 0.3 is 0 Å². The van der Waals surface area contributed by atoms with Crippen molar-refractivity contribution in [2.24, 2.45) is 0 Å². The summed E-state index contributed by atoms with van der Waals surface area (Å²) in [5.74, 6) is 0. The number of fused-ring (bicyclic) bond motifs is 14. The van der Waals surface area contributed by atoms with Gasteiger partial charge in [-0.1, -0.05) is 218 Å². The lowest BCUT2D eigenvalue weighted by Crippen LogP contribution is -2.28. The zero-order chi connectivity index (χ0) is 45.9. The normalized spacial score (nSPS) is 13.0. The first-order chi connectivity index (χ1) is 34.7. The molecule has 14 aromatic rings. The summed E-state index contributed by atoms with van der Waals surface area (Å²) in [6.45, 7) is 0. The predicted molar refractivity (Wildman–Crippen MR) is 295 cm³/mol. The Morgan fingerprint density at radius 1 is 0.257 bits per heavy atom. The molecule has 15 rings (SSSR count). The molecule has 0 amide bonds. The molecular formula is C69H42O. The van der Waals surface area contributed by atoms with Gasteiger partial charge in [0, 0.05) is 10.8 Å². The molecule has 0 aliphatic heterocycles. The molecular weight excluding hydrogens is 845 g/mol. The molecule has 0 spiro atoms. The Bertz CT molecular complexity index is 4350. The van der Waals surface area contributed by atoms with Gasteiger partial charge in [-0.15, -0.1) is 0 Å². The van der Waals surface area contributed by atoms with Crippen LogP contribution in [0.15, 0.2) is 259 Å². The maximum Gasteiger partial charge on any atom is 0.135 e. The van der Waals surface area contributed by atoms with E-state index in [-0.39, 0.29) is 0 Å². The van der Waals surface area contributed by atoms with Crippen molar-refractivity contribution in [3.05, 3.63) is 277 Å². The van der Waals surface area contributed by atoms with Crippen LogP contribution in [-0.4, -0.2) is 0 Å².